The van der Waals surface area contributed by atoms with Gasteiger partial charge in [-0.3, -0.25) is 19.5 Å². The molecule has 0 aromatic carbocycles. The van der Waals surface area contributed by atoms with Crippen molar-refractivity contribution in [2.24, 2.45) is 0 Å². The van der Waals surface area contributed by atoms with E-state index in [2.05, 4.69) is 25.8 Å². The standard InChI is InChI=1S/C12H14N6O2S/c1-6-16-17-11(18(6)8-3-4-8)15-10(20)9-5-21-12(14-9)13-7(2)19/h5,8H,3-4H2,1-2H3,(H,13,14,19)(H,15,17,20). The smallest absolute Gasteiger partial charge is 0.277 e. The summed E-state index contributed by atoms with van der Waals surface area (Å²) in [6, 6.07) is 0.376. The van der Waals surface area contributed by atoms with Gasteiger partial charge in [0.25, 0.3) is 5.91 Å². The number of amides is 2. The number of aromatic nitrogens is 4. The van der Waals surface area contributed by atoms with Gasteiger partial charge in [0, 0.05) is 18.3 Å². The maximum absolute atomic E-state index is 12.2. The van der Waals surface area contributed by atoms with Crippen LogP contribution in [0.5, 0.6) is 0 Å². The van der Waals surface area contributed by atoms with Gasteiger partial charge >= 0.3 is 0 Å². The molecule has 2 heterocycles. The van der Waals surface area contributed by atoms with E-state index in [1.54, 1.807) is 5.38 Å². The molecular weight excluding hydrogens is 292 g/mol. The summed E-state index contributed by atoms with van der Waals surface area (Å²) in [5.74, 6) is 0.636. The molecular formula is C12H14N6O2S. The molecule has 1 fully saturated rings. The molecule has 0 bridgehead atoms. The van der Waals surface area contributed by atoms with E-state index in [0.29, 0.717) is 17.1 Å². The number of rotatable bonds is 4. The molecule has 0 radical (unpaired) electrons. The number of anilines is 2. The molecule has 2 N–H and O–H groups in total. The average molecular weight is 306 g/mol. The molecule has 0 unspecified atom stereocenters. The molecule has 0 atom stereocenters. The minimum absolute atomic E-state index is 0.222. The van der Waals surface area contributed by atoms with Crippen molar-refractivity contribution >= 4 is 34.2 Å². The van der Waals surface area contributed by atoms with Crippen LogP contribution < -0.4 is 10.6 Å². The highest BCUT2D eigenvalue weighted by molar-refractivity contribution is 7.14. The van der Waals surface area contributed by atoms with Gasteiger partial charge < -0.3 is 5.32 Å². The zero-order valence-corrected chi connectivity index (χ0v) is 12.4. The first-order valence-corrected chi connectivity index (χ1v) is 7.38. The number of carbonyl (C=O) groups excluding carboxylic acids is 2. The predicted octanol–water partition coefficient (Wildman–Crippen LogP) is 1.59. The fourth-order valence-electron chi connectivity index (χ4n) is 1.98. The van der Waals surface area contributed by atoms with Crippen molar-refractivity contribution < 1.29 is 9.59 Å². The number of aryl methyl sites for hydroxylation is 1. The molecule has 2 aromatic rings. The van der Waals surface area contributed by atoms with Crippen molar-refractivity contribution in [1.29, 1.82) is 0 Å². The highest BCUT2D eigenvalue weighted by Crippen LogP contribution is 2.37. The number of thiazole rings is 1. The highest BCUT2D eigenvalue weighted by atomic mass is 32.1. The normalized spacial score (nSPS) is 14.0. The van der Waals surface area contributed by atoms with Crippen LogP contribution >= 0.6 is 11.3 Å². The van der Waals surface area contributed by atoms with E-state index < -0.39 is 0 Å². The summed E-state index contributed by atoms with van der Waals surface area (Å²) in [5.41, 5.74) is 0.242. The van der Waals surface area contributed by atoms with E-state index in [-0.39, 0.29) is 17.5 Å². The Morgan fingerprint density at radius 1 is 1.33 bits per heavy atom. The Kier molecular flexibility index (Phi) is 3.42. The lowest BCUT2D eigenvalue weighted by Gasteiger charge is -2.06. The third-order valence-electron chi connectivity index (χ3n) is 3.02. The van der Waals surface area contributed by atoms with Crippen LogP contribution in [0.2, 0.25) is 0 Å². The molecule has 8 nitrogen and oxygen atoms in total. The zero-order chi connectivity index (χ0) is 15.0. The van der Waals surface area contributed by atoms with E-state index in [1.165, 1.54) is 18.3 Å². The van der Waals surface area contributed by atoms with E-state index in [9.17, 15) is 9.59 Å². The molecule has 0 aliphatic heterocycles. The molecule has 2 amide bonds. The van der Waals surface area contributed by atoms with Crippen LogP contribution in [0.15, 0.2) is 5.38 Å². The fraction of sp³-hybridized carbons (Fsp3) is 0.417. The monoisotopic (exact) mass is 306 g/mol. The second-order valence-corrected chi connectivity index (χ2v) is 5.70. The van der Waals surface area contributed by atoms with Crippen LogP contribution in [0.3, 0.4) is 0 Å². The lowest BCUT2D eigenvalue weighted by Crippen LogP contribution is -2.16. The molecule has 21 heavy (non-hydrogen) atoms. The maximum atomic E-state index is 12.2. The summed E-state index contributed by atoms with van der Waals surface area (Å²) in [6.45, 7) is 3.25. The van der Waals surface area contributed by atoms with Gasteiger partial charge in [-0.25, -0.2) is 4.98 Å². The van der Waals surface area contributed by atoms with Gasteiger partial charge in [0.05, 0.1) is 0 Å². The molecule has 1 aliphatic rings. The Morgan fingerprint density at radius 3 is 2.76 bits per heavy atom. The SMILES string of the molecule is CC(=O)Nc1nc(C(=O)Nc2nnc(C)n2C2CC2)cs1. The third-order valence-corrected chi connectivity index (χ3v) is 3.78. The minimum Gasteiger partial charge on any atom is -0.302 e. The Balaban J connectivity index is 1.74. The first-order chi connectivity index (χ1) is 10.0. The summed E-state index contributed by atoms with van der Waals surface area (Å²) >= 11 is 1.20. The van der Waals surface area contributed by atoms with Crippen LogP contribution in [0.4, 0.5) is 11.1 Å². The fourth-order valence-corrected chi connectivity index (χ4v) is 2.71. The third kappa shape index (κ3) is 2.92. The van der Waals surface area contributed by atoms with E-state index in [1.807, 2.05) is 11.5 Å². The lowest BCUT2D eigenvalue weighted by atomic mass is 10.4. The van der Waals surface area contributed by atoms with E-state index >= 15 is 0 Å². The largest absolute Gasteiger partial charge is 0.302 e. The zero-order valence-electron chi connectivity index (χ0n) is 11.6. The molecule has 0 spiro atoms. The molecule has 1 aliphatic carbocycles. The van der Waals surface area contributed by atoms with Crippen LogP contribution in [0.25, 0.3) is 0 Å². The minimum atomic E-state index is -0.364. The number of hydrogen-bond acceptors (Lipinski definition) is 6. The number of nitrogens with one attached hydrogen (secondary N) is 2. The van der Waals surface area contributed by atoms with Crippen molar-refractivity contribution in [3.8, 4) is 0 Å². The molecule has 1 saturated carbocycles. The van der Waals surface area contributed by atoms with Gasteiger partial charge in [0.15, 0.2) is 5.13 Å². The quantitative estimate of drug-likeness (QED) is 0.893. The Morgan fingerprint density at radius 2 is 2.10 bits per heavy atom. The number of nitrogens with zero attached hydrogens (tertiary/aromatic N) is 4. The van der Waals surface area contributed by atoms with Gasteiger partial charge in [-0.1, -0.05) is 0 Å². The maximum Gasteiger partial charge on any atom is 0.277 e. The predicted molar refractivity (Wildman–Crippen MR) is 77.4 cm³/mol. The summed E-state index contributed by atoms with van der Waals surface area (Å²) in [5, 5.41) is 15.2. The van der Waals surface area contributed by atoms with Crippen molar-refractivity contribution in [3.05, 3.63) is 16.9 Å². The van der Waals surface area contributed by atoms with Crippen LogP contribution in [0, 0.1) is 6.92 Å². The number of hydrogen-bond donors (Lipinski definition) is 2. The van der Waals surface area contributed by atoms with E-state index in [0.717, 1.165) is 18.7 Å². The summed E-state index contributed by atoms with van der Waals surface area (Å²) in [7, 11) is 0. The molecule has 110 valence electrons. The van der Waals surface area contributed by atoms with Crippen LogP contribution in [0.1, 0.15) is 42.1 Å². The molecule has 3 rings (SSSR count). The lowest BCUT2D eigenvalue weighted by molar-refractivity contribution is -0.114. The van der Waals surface area contributed by atoms with Gasteiger partial charge in [-0.15, -0.1) is 21.5 Å². The van der Waals surface area contributed by atoms with Crippen LogP contribution in [-0.4, -0.2) is 31.6 Å². The van der Waals surface area contributed by atoms with Gasteiger partial charge in [-0.05, 0) is 19.8 Å². The Hall–Kier alpha value is -2.29. The molecule has 2 aromatic heterocycles. The second kappa shape index (κ2) is 5.24. The summed E-state index contributed by atoms with van der Waals surface area (Å²) in [6.07, 6.45) is 2.15. The van der Waals surface area contributed by atoms with Crippen molar-refractivity contribution in [2.45, 2.75) is 32.7 Å². The first kappa shape index (κ1) is 13.7. The molecule has 0 saturated heterocycles. The average Bonchev–Trinajstić information content (AvgIpc) is 3.03. The van der Waals surface area contributed by atoms with Gasteiger partial charge in [0.2, 0.25) is 11.9 Å². The highest BCUT2D eigenvalue weighted by Gasteiger charge is 2.29. The molecule has 9 heteroatoms. The van der Waals surface area contributed by atoms with E-state index in [4.69, 9.17) is 0 Å². The first-order valence-electron chi connectivity index (χ1n) is 6.50. The second-order valence-electron chi connectivity index (χ2n) is 4.85. The van der Waals surface area contributed by atoms with Crippen molar-refractivity contribution in [3.63, 3.8) is 0 Å². The van der Waals surface area contributed by atoms with Gasteiger partial charge in [-0.2, -0.15) is 0 Å². The number of carbonyl (C=O) groups is 2. The van der Waals surface area contributed by atoms with Crippen molar-refractivity contribution in [2.75, 3.05) is 10.6 Å². The Labute approximate surface area is 124 Å². The Bertz CT molecular complexity index is 702. The summed E-state index contributed by atoms with van der Waals surface area (Å²) in [4.78, 5) is 27.2. The van der Waals surface area contributed by atoms with Crippen LogP contribution in [-0.2, 0) is 4.79 Å². The topological polar surface area (TPSA) is 102 Å². The summed E-state index contributed by atoms with van der Waals surface area (Å²) < 4.78 is 1.93. The van der Waals surface area contributed by atoms with Crippen molar-refractivity contribution in [1.82, 2.24) is 19.7 Å². The van der Waals surface area contributed by atoms with Gasteiger partial charge in [0.1, 0.15) is 11.5 Å².